The summed E-state index contributed by atoms with van der Waals surface area (Å²) < 4.78 is 40.0. The highest BCUT2D eigenvalue weighted by atomic mass is 19.4. The lowest BCUT2D eigenvalue weighted by molar-refractivity contribution is -0.222. The monoisotopic (exact) mass is 294 g/mol. The molecular formula is C13H21F3N2O2. The van der Waals surface area contributed by atoms with Crippen LogP contribution in [0, 0.1) is 11.3 Å². The fourth-order valence-corrected chi connectivity index (χ4v) is 3.21. The van der Waals surface area contributed by atoms with Crippen molar-refractivity contribution >= 4 is 5.91 Å². The number of halogens is 3. The molecule has 0 spiro atoms. The van der Waals surface area contributed by atoms with Gasteiger partial charge in [0.1, 0.15) is 0 Å². The van der Waals surface area contributed by atoms with Crippen molar-refractivity contribution < 1.29 is 23.1 Å². The first-order valence-corrected chi connectivity index (χ1v) is 7.08. The van der Waals surface area contributed by atoms with E-state index >= 15 is 0 Å². The second kappa shape index (κ2) is 5.89. The molecule has 7 heteroatoms. The predicted octanol–water partition coefficient (Wildman–Crippen LogP) is 1.15. The number of aliphatic hydroxyl groups excluding tert-OH is 1. The van der Waals surface area contributed by atoms with Crippen LogP contribution in [0.5, 0.6) is 0 Å². The average molecular weight is 294 g/mol. The van der Waals surface area contributed by atoms with Gasteiger partial charge in [0.2, 0.25) is 5.91 Å². The number of hydrogen-bond donors (Lipinski definition) is 2. The second-order valence-corrected chi connectivity index (χ2v) is 5.78. The van der Waals surface area contributed by atoms with E-state index < -0.39 is 17.5 Å². The first-order valence-electron chi connectivity index (χ1n) is 7.08. The molecule has 0 aliphatic carbocycles. The minimum atomic E-state index is -4.52. The van der Waals surface area contributed by atoms with Gasteiger partial charge in [-0.05, 0) is 38.1 Å². The maximum atomic E-state index is 13.3. The third-order valence-corrected chi connectivity index (χ3v) is 4.45. The number of alkyl halides is 3. The summed E-state index contributed by atoms with van der Waals surface area (Å²) >= 11 is 0. The van der Waals surface area contributed by atoms with Crippen molar-refractivity contribution in [3.05, 3.63) is 0 Å². The molecule has 2 heterocycles. The van der Waals surface area contributed by atoms with E-state index in [1.165, 1.54) is 4.90 Å². The van der Waals surface area contributed by atoms with Crippen LogP contribution in [0.3, 0.4) is 0 Å². The molecule has 0 bridgehead atoms. The van der Waals surface area contributed by atoms with Crippen LogP contribution in [0.2, 0.25) is 0 Å². The quantitative estimate of drug-likeness (QED) is 0.821. The average Bonchev–Trinajstić information content (AvgIpc) is 2.89. The van der Waals surface area contributed by atoms with Gasteiger partial charge in [-0.3, -0.25) is 4.79 Å². The summed E-state index contributed by atoms with van der Waals surface area (Å²) in [7, 11) is 0. The minimum absolute atomic E-state index is 0.0126. The molecule has 2 rings (SSSR count). The van der Waals surface area contributed by atoms with Gasteiger partial charge in [0.05, 0.1) is 0 Å². The molecule has 0 aromatic rings. The molecule has 4 nitrogen and oxygen atoms in total. The van der Waals surface area contributed by atoms with Gasteiger partial charge in [-0.2, -0.15) is 13.2 Å². The lowest BCUT2D eigenvalue weighted by Crippen LogP contribution is -2.55. The van der Waals surface area contributed by atoms with Crippen molar-refractivity contribution in [3.8, 4) is 0 Å². The fourth-order valence-electron chi connectivity index (χ4n) is 3.21. The normalized spacial score (nSPS) is 31.6. The number of nitrogens with one attached hydrogen (secondary N) is 1. The van der Waals surface area contributed by atoms with Crippen LogP contribution in [0.25, 0.3) is 0 Å². The minimum Gasteiger partial charge on any atom is -0.396 e. The van der Waals surface area contributed by atoms with Crippen molar-refractivity contribution in [1.82, 2.24) is 10.2 Å². The molecule has 2 unspecified atom stereocenters. The Morgan fingerprint density at radius 3 is 2.75 bits per heavy atom. The van der Waals surface area contributed by atoms with Crippen LogP contribution in [0.4, 0.5) is 13.2 Å². The SMILES string of the molecule is O=C(N1CCCC(CCO)C1)C1(C(F)(F)F)CCNC1. The van der Waals surface area contributed by atoms with Gasteiger partial charge in [-0.15, -0.1) is 0 Å². The van der Waals surface area contributed by atoms with Crippen LogP contribution in [0.1, 0.15) is 25.7 Å². The lowest BCUT2D eigenvalue weighted by atomic mass is 9.83. The molecular weight excluding hydrogens is 273 g/mol. The van der Waals surface area contributed by atoms with E-state index in [1.54, 1.807) is 0 Å². The number of amides is 1. The number of aliphatic hydroxyl groups is 1. The fraction of sp³-hybridized carbons (Fsp3) is 0.923. The maximum Gasteiger partial charge on any atom is 0.404 e. The molecule has 2 fully saturated rings. The summed E-state index contributed by atoms with van der Waals surface area (Å²) in [4.78, 5) is 13.8. The van der Waals surface area contributed by atoms with Gasteiger partial charge in [0.25, 0.3) is 0 Å². The standard InChI is InChI=1S/C13H21F3N2O2/c14-13(15,16)12(4-5-17-9-12)11(20)18-6-1-2-10(8-18)3-7-19/h10,17,19H,1-9H2. The zero-order valence-corrected chi connectivity index (χ0v) is 11.4. The first-order chi connectivity index (χ1) is 9.40. The zero-order valence-electron chi connectivity index (χ0n) is 11.4. The van der Waals surface area contributed by atoms with Gasteiger partial charge in [-0.1, -0.05) is 0 Å². The molecule has 2 aliphatic rings. The number of piperidine rings is 1. The van der Waals surface area contributed by atoms with E-state index in [4.69, 9.17) is 5.11 Å². The molecule has 1 amide bonds. The molecule has 2 N–H and O–H groups in total. The molecule has 2 atom stereocenters. The van der Waals surface area contributed by atoms with Gasteiger partial charge in [-0.25, -0.2) is 0 Å². The van der Waals surface area contributed by atoms with Gasteiger partial charge in [0.15, 0.2) is 5.41 Å². The van der Waals surface area contributed by atoms with E-state index in [0.29, 0.717) is 25.9 Å². The molecule has 116 valence electrons. The van der Waals surface area contributed by atoms with Crippen LogP contribution in [-0.4, -0.2) is 54.9 Å². The Labute approximate surface area is 116 Å². The summed E-state index contributed by atoms with van der Waals surface area (Å²) in [6.45, 7) is 0.629. The third kappa shape index (κ3) is 2.79. The Balaban J connectivity index is 2.12. The number of hydrogen-bond acceptors (Lipinski definition) is 3. The Hall–Kier alpha value is -0.820. The van der Waals surface area contributed by atoms with Crippen molar-refractivity contribution in [2.45, 2.75) is 31.9 Å². The smallest absolute Gasteiger partial charge is 0.396 e. The number of rotatable bonds is 3. The third-order valence-electron chi connectivity index (χ3n) is 4.45. The molecule has 20 heavy (non-hydrogen) atoms. The van der Waals surface area contributed by atoms with E-state index in [1.807, 2.05) is 0 Å². The van der Waals surface area contributed by atoms with Crippen LogP contribution >= 0.6 is 0 Å². The first kappa shape index (κ1) is 15.6. The summed E-state index contributed by atoms with van der Waals surface area (Å²) in [6.07, 6.45) is -2.59. The molecule has 0 aromatic heterocycles. The molecule has 0 radical (unpaired) electrons. The molecule has 0 saturated carbocycles. The highest BCUT2D eigenvalue weighted by molar-refractivity contribution is 5.84. The number of nitrogens with zero attached hydrogens (tertiary/aromatic N) is 1. The summed E-state index contributed by atoms with van der Waals surface area (Å²) in [6, 6.07) is 0. The number of likely N-dealkylation sites (tertiary alicyclic amines) is 1. The van der Waals surface area contributed by atoms with Gasteiger partial charge in [0, 0.05) is 26.2 Å². The van der Waals surface area contributed by atoms with E-state index in [9.17, 15) is 18.0 Å². The van der Waals surface area contributed by atoms with E-state index in [2.05, 4.69) is 5.32 Å². The summed E-state index contributed by atoms with van der Waals surface area (Å²) in [5.74, 6) is -0.685. The van der Waals surface area contributed by atoms with Crippen molar-refractivity contribution in [3.63, 3.8) is 0 Å². The predicted molar refractivity (Wildman–Crippen MR) is 67.0 cm³/mol. The Morgan fingerprint density at radius 1 is 1.45 bits per heavy atom. The summed E-state index contributed by atoms with van der Waals surface area (Å²) in [5.41, 5.74) is -2.26. The Kier molecular flexibility index (Phi) is 4.59. The summed E-state index contributed by atoms with van der Waals surface area (Å²) in [5, 5.41) is 11.6. The van der Waals surface area contributed by atoms with Crippen LogP contribution in [0.15, 0.2) is 0 Å². The molecule has 0 aromatic carbocycles. The highest BCUT2D eigenvalue weighted by Crippen LogP contribution is 2.45. The van der Waals surface area contributed by atoms with E-state index in [0.717, 1.165) is 6.42 Å². The number of carbonyl (C=O) groups is 1. The number of carbonyl (C=O) groups excluding carboxylic acids is 1. The van der Waals surface area contributed by atoms with Crippen LogP contribution < -0.4 is 5.32 Å². The topological polar surface area (TPSA) is 52.6 Å². The molecule has 2 aliphatic heterocycles. The largest absolute Gasteiger partial charge is 0.404 e. The van der Waals surface area contributed by atoms with Gasteiger partial charge >= 0.3 is 6.18 Å². The maximum absolute atomic E-state index is 13.3. The van der Waals surface area contributed by atoms with Crippen molar-refractivity contribution in [1.29, 1.82) is 0 Å². The van der Waals surface area contributed by atoms with Crippen LogP contribution in [-0.2, 0) is 4.79 Å². The van der Waals surface area contributed by atoms with Crippen molar-refractivity contribution in [2.75, 3.05) is 32.8 Å². The lowest BCUT2D eigenvalue weighted by Gasteiger charge is -2.39. The Morgan fingerprint density at radius 2 is 2.20 bits per heavy atom. The van der Waals surface area contributed by atoms with Gasteiger partial charge < -0.3 is 15.3 Å². The zero-order chi connectivity index (χ0) is 14.8. The van der Waals surface area contributed by atoms with E-state index in [-0.39, 0.29) is 32.0 Å². The highest BCUT2D eigenvalue weighted by Gasteiger charge is 2.62. The second-order valence-electron chi connectivity index (χ2n) is 5.78. The van der Waals surface area contributed by atoms with Crippen molar-refractivity contribution in [2.24, 2.45) is 11.3 Å². The Bertz CT molecular complexity index is 352. The molecule has 2 saturated heterocycles.